The van der Waals surface area contributed by atoms with E-state index in [1.54, 1.807) is 19.2 Å². The van der Waals surface area contributed by atoms with Crippen molar-refractivity contribution < 1.29 is 18.7 Å². The number of Topliss-reactive ketones (excluding diaryl/α,β-unsaturated/α-hetero) is 1. The van der Waals surface area contributed by atoms with Gasteiger partial charge in [0.05, 0.1) is 17.1 Å². The van der Waals surface area contributed by atoms with Crippen LogP contribution in [0.2, 0.25) is 0 Å². The molecule has 9 heteroatoms. The molecule has 1 aromatic carbocycles. The van der Waals surface area contributed by atoms with E-state index in [9.17, 15) is 18.8 Å². The third-order valence-electron chi connectivity index (χ3n) is 5.00. The first-order chi connectivity index (χ1) is 12.8. The lowest BCUT2D eigenvalue weighted by molar-refractivity contribution is -0.115. The van der Waals surface area contributed by atoms with Gasteiger partial charge in [-0.3, -0.25) is 14.3 Å². The number of ether oxygens (including phenoxy) is 1. The summed E-state index contributed by atoms with van der Waals surface area (Å²) in [6, 6.07) is 4.38. The lowest BCUT2D eigenvalue weighted by Crippen LogP contribution is -2.31. The molecule has 2 aliphatic rings. The normalized spacial score (nSPS) is 18.2. The first-order valence-corrected chi connectivity index (χ1v) is 9.02. The lowest BCUT2D eigenvalue weighted by Gasteiger charge is -2.26. The number of ketones is 1. The predicted molar refractivity (Wildman–Crippen MR) is 98.3 cm³/mol. The average Bonchev–Trinajstić information content (AvgIpc) is 3.14. The van der Waals surface area contributed by atoms with Crippen molar-refractivity contribution in [1.82, 2.24) is 9.36 Å². The van der Waals surface area contributed by atoms with Gasteiger partial charge in [-0.05, 0) is 40.0 Å². The molecule has 2 heterocycles. The molecular formula is C18H15BrFN3O4. The van der Waals surface area contributed by atoms with E-state index in [1.165, 1.54) is 17.9 Å². The van der Waals surface area contributed by atoms with Gasteiger partial charge in [-0.1, -0.05) is 6.07 Å². The second-order valence-electron chi connectivity index (χ2n) is 6.42. The molecule has 4 rings (SSSR count). The molecule has 1 aliphatic carbocycles. The molecule has 27 heavy (non-hydrogen) atoms. The third-order valence-corrected chi connectivity index (χ3v) is 5.61. The standard InChI is InChI=1S/C18H15BrFN3O4/c1-22-16-15(17(25)23(22)18(26)27-2)13(8-3-4-10(20)9(19)7-8)14-11(21-16)5-6-12(14)24/h3-4,7,13,21H,5-6H2,1-2H3. The summed E-state index contributed by atoms with van der Waals surface area (Å²) < 4.78 is 20.9. The Labute approximate surface area is 161 Å². The van der Waals surface area contributed by atoms with Gasteiger partial charge in [0.15, 0.2) is 5.78 Å². The van der Waals surface area contributed by atoms with E-state index in [0.29, 0.717) is 29.8 Å². The molecule has 140 valence electrons. The molecule has 0 amide bonds. The number of nitrogens with one attached hydrogen (secondary N) is 1. The van der Waals surface area contributed by atoms with E-state index in [-0.39, 0.29) is 15.8 Å². The summed E-state index contributed by atoms with van der Waals surface area (Å²) in [4.78, 5) is 37.7. The highest BCUT2D eigenvalue weighted by Crippen LogP contribution is 2.45. The van der Waals surface area contributed by atoms with Gasteiger partial charge in [0, 0.05) is 30.7 Å². The highest BCUT2D eigenvalue weighted by molar-refractivity contribution is 9.10. The van der Waals surface area contributed by atoms with Crippen molar-refractivity contribution in [2.45, 2.75) is 18.8 Å². The van der Waals surface area contributed by atoms with Gasteiger partial charge in [-0.2, -0.15) is 0 Å². The first kappa shape index (κ1) is 17.7. The van der Waals surface area contributed by atoms with E-state index >= 15 is 0 Å². The monoisotopic (exact) mass is 435 g/mol. The van der Waals surface area contributed by atoms with Crippen LogP contribution in [-0.4, -0.2) is 28.3 Å². The number of methoxy groups -OCH3 is 1. The quantitative estimate of drug-likeness (QED) is 0.744. The highest BCUT2D eigenvalue weighted by Gasteiger charge is 2.41. The SMILES string of the molecule is COC(=O)n1c(=O)c2c(n1C)NC1=C(C(=O)CC1)C2c1ccc(F)c(Br)c1. The minimum atomic E-state index is -0.829. The highest BCUT2D eigenvalue weighted by atomic mass is 79.9. The molecule has 1 unspecified atom stereocenters. The summed E-state index contributed by atoms with van der Waals surface area (Å²) in [5, 5.41) is 3.13. The number of carbonyl (C=O) groups excluding carboxylic acids is 2. The second-order valence-corrected chi connectivity index (χ2v) is 7.27. The maximum atomic E-state index is 13.7. The second kappa shape index (κ2) is 6.19. The molecule has 1 N–H and O–H groups in total. The van der Waals surface area contributed by atoms with Gasteiger partial charge in [-0.25, -0.2) is 9.18 Å². The zero-order chi connectivity index (χ0) is 19.5. The number of carbonyl (C=O) groups is 2. The number of rotatable bonds is 1. The van der Waals surface area contributed by atoms with Gasteiger partial charge in [0.25, 0.3) is 5.56 Å². The molecule has 0 radical (unpaired) electrons. The largest absolute Gasteiger partial charge is 0.451 e. The predicted octanol–water partition coefficient (Wildman–Crippen LogP) is 2.88. The molecular weight excluding hydrogens is 421 g/mol. The fourth-order valence-electron chi connectivity index (χ4n) is 3.78. The van der Waals surface area contributed by atoms with Crippen LogP contribution in [0.25, 0.3) is 0 Å². The van der Waals surface area contributed by atoms with Gasteiger partial charge < -0.3 is 10.1 Å². The van der Waals surface area contributed by atoms with Crippen LogP contribution in [0.3, 0.4) is 0 Å². The maximum absolute atomic E-state index is 13.7. The van der Waals surface area contributed by atoms with E-state index < -0.39 is 23.4 Å². The number of halogens is 2. The van der Waals surface area contributed by atoms with Crippen molar-refractivity contribution in [3.63, 3.8) is 0 Å². The van der Waals surface area contributed by atoms with Crippen molar-refractivity contribution in [1.29, 1.82) is 0 Å². The van der Waals surface area contributed by atoms with E-state index in [0.717, 1.165) is 10.4 Å². The minimum Gasteiger partial charge on any atom is -0.451 e. The third kappa shape index (κ3) is 2.48. The molecule has 0 saturated carbocycles. The van der Waals surface area contributed by atoms with Crippen molar-refractivity contribution in [2.24, 2.45) is 7.05 Å². The van der Waals surface area contributed by atoms with Crippen LogP contribution >= 0.6 is 15.9 Å². The first-order valence-electron chi connectivity index (χ1n) is 8.23. The Morgan fingerprint density at radius 3 is 2.74 bits per heavy atom. The molecule has 0 saturated heterocycles. The Balaban J connectivity index is 2.01. The molecule has 7 nitrogen and oxygen atoms in total. The molecule has 0 spiro atoms. The number of fused-ring (bicyclic) bond motifs is 1. The fourth-order valence-corrected chi connectivity index (χ4v) is 4.18. The van der Waals surface area contributed by atoms with E-state index in [4.69, 9.17) is 4.74 Å². The average molecular weight is 436 g/mol. The Morgan fingerprint density at radius 2 is 2.07 bits per heavy atom. The van der Waals surface area contributed by atoms with Crippen molar-refractivity contribution in [2.75, 3.05) is 12.4 Å². The maximum Gasteiger partial charge on any atom is 0.436 e. The van der Waals surface area contributed by atoms with Crippen molar-refractivity contribution >= 4 is 33.6 Å². The number of hydrogen-bond acceptors (Lipinski definition) is 5. The Kier molecular flexibility index (Phi) is 4.06. The van der Waals surface area contributed by atoms with Crippen LogP contribution in [0.15, 0.2) is 38.7 Å². The molecule has 1 aliphatic heterocycles. The van der Waals surface area contributed by atoms with Gasteiger partial charge in [0.1, 0.15) is 11.6 Å². The minimum absolute atomic E-state index is 0.0681. The van der Waals surface area contributed by atoms with Gasteiger partial charge >= 0.3 is 6.09 Å². The number of benzene rings is 1. The number of hydrogen-bond donors (Lipinski definition) is 1. The van der Waals surface area contributed by atoms with Crippen LogP contribution in [0.4, 0.5) is 15.0 Å². The number of anilines is 1. The number of nitrogens with zero attached hydrogens (tertiary/aromatic N) is 2. The molecule has 0 fully saturated rings. The molecule has 0 bridgehead atoms. The van der Waals surface area contributed by atoms with Crippen LogP contribution in [0.5, 0.6) is 0 Å². The van der Waals surface area contributed by atoms with Crippen LogP contribution in [-0.2, 0) is 16.6 Å². The molecule has 1 atom stereocenters. The molecule has 2 aromatic rings. The lowest BCUT2D eigenvalue weighted by atomic mass is 9.82. The summed E-state index contributed by atoms with van der Waals surface area (Å²) in [5.41, 5.74) is 1.48. The van der Waals surface area contributed by atoms with Crippen LogP contribution in [0, 0.1) is 5.82 Å². The van der Waals surface area contributed by atoms with Gasteiger partial charge in [0.2, 0.25) is 0 Å². The smallest absolute Gasteiger partial charge is 0.436 e. The number of allylic oxidation sites excluding steroid dienone is 2. The molecule has 1 aromatic heterocycles. The number of aromatic nitrogens is 2. The van der Waals surface area contributed by atoms with Crippen LogP contribution < -0.4 is 10.9 Å². The topological polar surface area (TPSA) is 82.3 Å². The summed E-state index contributed by atoms with van der Waals surface area (Å²) >= 11 is 3.16. The Hall–Kier alpha value is -2.68. The van der Waals surface area contributed by atoms with E-state index in [1.807, 2.05) is 0 Å². The fraction of sp³-hybridized carbons (Fsp3) is 0.278. The summed E-state index contributed by atoms with van der Waals surface area (Å²) in [7, 11) is 2.74. The van der Waals surface area contributed by atoms with Crippen molar-refractivity contribution in [3.05, 3.63) is 61.2 Å². The summed E-state index contributed by atoms with van der Waals surface area (Å²) in [6.07, 6.45) is 0.0315. The Bertz CT molecular complexity index is 1100. The van der Waals surface area contributed by atoms with Crippen molar-refractivity contribution in [3.8, 4) is 0 Å². The zero-order valence-corrected chi connectivity index (χ0v) is 16.1. The summed E-state index contributed by atoms with van der Waals surface area (Å²) in [5.74, 6) is -0.779. The van der Waals surface area contributed by atoms with Crippen LogP contribution in [0.1, 0.15) is 29.9 Å². The van der Waals surface area contributed by atoms with E-state index in [2.05, 4.69) is 21.2 Å². The zero-order valence-electron chi connectivity index (χ0n) is 14.5. The van der Waals surface area contributed by atoms with Gasteiger partial charge in [-0.15, -0.1) is 4.68 Å². The summed E-state index contributed by atoms with van der Waals surface area (Å²) in [6.45, 7) is 0. The Morgan fingerprint density at radius 1 is 1.33 bits per heavy atom.